The van der Waals surface area contributed by atoms with Gasteiger partial charge >= 0.3 is 0 Å². The summed E-state index contributed by atoms with van der Waals surface area (Å²) in [7, 11) is 0. The Morgan fingerprint density at radius 2 is 2.00 bits per heavy atom. The number of likely N-dealkylation sites (tertiary alicyclic amines) is 1. The second kappa shape index (κ2) is 6.29. The maximum Gasteiger partial charge on any atom is 0.157 e. The van der Waals surface area contributed by atoms with Gasteiger partial charge in [0.25, 0.3) is 0 Å². The van der Waals surface area contributed by atoms with Crippen LogP contribution in [0.4, 0.5) is 0 Å². The van der Waals surface area contributed by atoms with E-state index >= 15 is 0 Å². The minimum Gasteiger partial charge on any atom is -0.297 e. The molecule has 0 aromatic carbocycles. The summed E-state index contributed by atoms with van der Waals surface area (Å²) in [6.07, 6.45) is 8.32. The Morgan fingerprint density at radius 3 is 2.53 bits per heavy atom. The molecular formula is C16H24N2O. The van der Waals surface area contributed by atoms with Crippen LogP contribution in [0, 0.1) is 0 Å². The fraction of sp³-hybridized carbons (Fsp3) is 0.625. The summed E-state index contributed by atoms with van der Waals surface area (Å²) < 4.78 is 0. The first-order valence-corrected chi connectivity index (χ1v) is 7.40. The highest BCUT2D eigenvalue weighted by Gasteiger charge is 2.41. The second-order valence-corrected chi connectivity index (χ2v) is 5.39. The van der Waals surface area contributed by atoms with E-state index in [2.05, 4.69) is 23.7 Å². The molecule has 0 bridgehead atoms. The molecule has 104 valence electrons. The predicted molar refractivity (Wildman–Crippen MR) is 77.1 cm³/mol. The van der Waals surface area contributed by atoms with Gasteiger partial charge in [-0.3, -0.25) is 14.7 Å². The first-order chi connectivity index (χ1) is 9.23. The number of carbonyl (C=O) groups is 1. The predicted octanol–water partition coefficient (Wildman–Crippen LogP) is 2.85. The van der Waals surface area contributed by atoms with Gasteiger partial charge in [0, 0.05) is 18.8 Å². The summed E-state index contributed by atoms with van der Waals surface area (Å²) >= 11 is 0. The molecule has 2 heterocycles. The van der Waals surface area contributed by atoms with Crippen molar-refractivity contribution in [3.05, 3.63) is 30.1 Å². The van der Waals surface area contributed by atoms with E-state index in [-0.39, 0.29) is 5.54 Å². The molecule has 0 spiro atoms. The van der Waals surface area contributed by atoms with Crippen LogP contribution >= 0.6 is 0 Å². The minimum absolute atomic E-state index is 0.258. The van der Waals surface area contributed by atoms with E-state index < -0.39 is 0 Å². The topological polar surface area (TPSA) is 33.2 Å². The van der Waals surface area contributed by atoms with Crippen molar-refractivity contribution in [2.24, 2.45) is 0 Å². The molecule has 0 N–H and O–H groups in total. The van der Waals surface area contributed by atoms with E-state index in [1.54, 1.807) is 12.4 Å². The first kappa shape index (κ1) is 14.2. The molecule has 0 amide bonds. The van der Waals surface area contributed by atoms with E-state index in [1.165, 1.54) is 12.8 Å². The Hall–Kier alpha value is -1.22. The van der Waals surface area contributed by atoms with Gasteiger partial charge in [-0.1, -0.05) is 19.9 Å². The van der Waals surface area contributed by atoms with Crippen LogP contribution in [-0.4, -0.2) is 34.3 Å². The van der Waals surface area contributed by atoms with E-state index in [9.17, 15) is 4.79 Å². The fourth-order valence-corrected chi connectivity index (χ4v) is 3.27. The van der Waals surface area contributed by atoms with Crippen molar-refractivity contribution in [1.82, 2.24) is 9.88 Å². The minimum atomic E-state index is -0.258. The standard InChI is InChI=1S/C16H24N2O/c1-3-16(4-2,18-10-5-6-11-18)15(19)12-14-8-7-9-17-13-14/h7-9,13H,3-6,10-12H2,1-2H3. The molecule has 0 unspecified atom stereocenters. The Labute approximate surface area is 116 Å². The lowest BCUT2D eigenvalue weighted by atomic mass is 9.83. The highest BCUT2D eigenvalue weighted by molar-refractivity contribution is 5.90. The zero-order valence-electron chi connectivity index (χ0n) is 12.1. The first-order valence-electron chi connectivity index (χ1n) is 7.40. The van der Waals surface area contributed by atoms with E-state index in [0.29, 0.717) is 12.2 Å². The van der Waals surface area contributed by atoms with E-state index in [4.69, 9.17) is 0 Å². The van der Waals surface area contributed by atoms with Gasteiger partial charge in [0.15, 0.2) is 5.78 Å². The molecule has 1 aromatic rings. The summed E-state index contributed by atoms with van der Waals surface area (Å²) in [5.74, 6) is 0.354. The zero-order valence-corrected chi connectivity index (χ0v) is 12.1. The number of pyridine rings is 1. The highest BCUT2D eigenvalue weighted by Crippen LogP contribution is 2.30. The smallest absolute Gasteiger partial charge is 0.157 e. The maximum atomic E-state index is 12.8. The average Bonchev–Trinajstić information content (AvgIpc) is 2.96. The third-order valence-electron chi connectivity index (χ3n) is 4.49. The molecule has 0 atom stereocenters. The van der Waals surface area contributed by atoms with Gasteiger partial charge in [-0.25, -0.2) is 0 Å². The zero-order chi connectivity index (χ0) is 13.7. The molecule has 19 heavy (non-hydrogen) atoms. The SMILES string of the molecule is CCC(CC)(C(=O)Cc1cccnc1)N1CCCC1. The highest BCUT2D eigenvalue weighted by atomic mass is 16.1. The Kier molecular flexibility index (Phi) is 4.70. The van der Waals surface area contributed by atoms with Crippen molar-refractivity contribution in [3.8, 4) is 0 Å². The number of Topliss-reactive ketones (excluding diaryl/α,β-unsaturated/α-hetero) is 1. The summed E-state index contributed by atoms with van der Waals surface area (Å²) in [5.41, 5.74) is 0.768. The number of nitrogens with zero attached hydrogens (tertiary/aromatic N) is 2. The van der Waals surface area contributed by atoms with Gasteiger partial charge in [-0.05, 0) is 50.4 Å². The Morgan fingerprint density at radius 1 is 1.32 bits per heavy atom. The molecule has 0 radical (unpaired) electrons. The van der Waals surface area contributed by atoms with Gasteiger partial charge in [0.2, 0.25) is 0 Å². The maximum absolute atomic E-state index is 12.8. The lowest BCUT2D eigenvalue weighted by molar-refractivity contribution is -0.130. The van der Waals surface area contributed by atoms with Crippen molar-refractivity contribution >= 4 is 5.78 Å². The Balaban J connectivity index is 2.16. The van der Waals surface area contributed by atoms with Crippen LogP contribution < -0.4 is 0 Å². The summed E-state index contributed by atoms with van der Waals surface area (Å²) in [5, 5.41) is 0. The van der Waals surface area contributed by atoms with Gasteiger partial charge in [-0.15, -0.1) is 0 Å². The molecule has 1 saturated heterocycles. The molecule has 1 fully saturated rings. The molecular weight excluding hydrogens is 236 g/mol. The number of rotatable bonds is 6. The van der Waals surface area contributed by atoms with Crippen molar-refractivity contribution in [1.29, 1.82) is 0 Å². The van der Waals surface area contributed by atoms with Gasteiger partial charge in [0.05, 0.1) is 5.54 Å². The molecule has 1 aliphatic heterocycles. The van der Waals surface area contributed by atoms with Crippen LogP contribution in [0.15, 0.2) is 24.5 Å². The van der Waals surface area contributed by atoms with Gasteiger partial charge < -0.3 is 0 Å². The van der Waals surface area contributed by atoms with Crippen LogP contribution in [0.2, 0.25) is 0 Å². The van der Waals surface area contributed by atoms with Crippen molar-refractivity contribution in [2.75, 3.05) is 13.1 Å². The quantitative estimate of drug-likeness (QED) is 0.788. The lowest BCUT2D eigenvalue weighted by Gasteiger charge is -2.39. The van der Waals surface area contributed by atoms with Crippen LogP contribution in [-0.2, 0) is 11.2 Å². The molecule has 1 aliphatic rings. The van der Waals surface area contributed by atoms with Gasteiger partial charge in [0.1, 0.15) is 0 Å². The summed E-state index contributed by atoms with van der Waals surface area (Å²) in [6, 6.07) is 3.89. The van der Waals surface area contributed by atoms with Crippen molar-refractivity contribution < 1.29 is 4.79 Å². The normalized spacial score (nSPS) is 16.7. The second-order valence-electron chi connectivity index (χ2n) is 5.39. The number of carbonyl (C=O) groups excluding carboxylic acids is 1. The molecule has 1 aromatic heterocycles. The number of hydrogen-bond donors (Lipinski definition) is 0. The Bertz CT molecular complexity index is 406. The third-order valence-corrected chi connectivity index (χ3v) is 4.49. The lowest BCUT2D eigenvalue weighted by Crippen LogP contribution is -2.53. The summed E-state index contributed by atoms with van der Waals surface area (Å²) in [6.45, 7) is 6.42. The van der Waals surface area contributed by atoms with Crippen molar-refractivity contribution in [3.63, 3.8) is 0 Å². The van der Waals surface area contributed by atoms with Crippen LogP contribution in [0.25, 0.3) is 0 Å². The largest absolute Gasteiger partial charge is 0.297 e. The van der Waals surface area contributed by atoms with Crippen LogP contribution in [0.5, 0.6) is 0 Å². The molecule has 0 saturated carbocycles. The van der Waals surface area contributed by atoms with Gasteiger partial charge in [-0.2, -0.15) is 0 Å². The van der Waals surface area contributed by atoms with Crippen LogP contribution in [0.1, 0.15) is 45.1 Å². The molecule has 2 rings (SSSR count). The average molecular weight is 260 g/mol. The fourth-order valence-electron chi connectivity index (χ4n) is 3.27. The van der Waals surface area contributed by atoms with Crippen molar-refractivity contribution in [2.45, 2.75) is 51.5 Å². The van der Waals surface area contributed by atoms with E-state index in [0.717, 1.165) is 31.5 Å². The monoisotopic (exact) mass is 260 g/mol. The van der Waals surface area contributed by atoms with E-state index in [1.807, 2.05) is 12.1 Å². The third kappa shape index (κ3) is 2.86. The molecule has 3 heteroatoms. The summed E-state index contributed by atoms with van der Waals surface area (Å²) in [4.78, 5) is 19.3. The van der Waals surface area contributed by atoms with Crippen LogP contribution in [0.3, 0.4) is 0 Å². The number of hydrogen-bond acceptors (Lipinski definition) is 3. The number of ketones is 1. The molecule has 0 aliphatic carbocycles. The molecule has 3 nitrogen and oxygen atoms in total. The number of aromatic nitrogens is 1.